The maximum absolute atomic E-state index is 13.5. The Morgan fingerprint density at radius 2 is 1.88 bits per heavy atom. The lowest BCUT2D eigenvalue weighted by Crippen LogP contribution is -2.30. The zero-order valence-electron chi connectivity index (χ0n) is 12.1. The minimum atomic E-state index is -4.07. The Morgan fingerprint density at radius 1 is 1.17 bits per heavy atom. The zero-order chi connectivity index (χ0) is 17.7. The Hall–Kier alpha value is -2.03. The van der Waals surface area contributed by atoms with Crippen LogP contribution in [-0.2, 0) is 26.2 Å². The van der Waals surface area contributed by atoms with Crippen LogP contribution in [0.15, 0.2) is 47.4 Å². The maximum Gasteiger partial charge on any atom is 0.321 e. The van der Waals surface area contributed by atoms with Crippen molar-refractivity contribution in [2.75, 3.05) is 6.54 Å². The van der Waals surface area contributed by atoms with Crippen LogP contribution in [0.3, 0.4) is 0 Å². The first-order chi connectivity index (χ1) is 11.3. The zero-order valence-corrected chi connectivity index (χ0v) is 13.7. The summed E-state index contributed by atoms with van der Waals surface area (Å²) in [5.41, 5.74) is -0.0134. The van der Waals surface area contributed by atoms with E-state index in [0.29, 0.717) is 0 Å². The molecule has 0 fully saturated rings. The summed E-state index contributed by atoms with van der Waals surface area (Å²) in [5, 5.41) is 0.0862. The smallest absolute Gasteiger partial charge is 0.321 e. The third-order valence-electron chi connectivity index (χ3n) is 2.95. The second-order valence-corrected chi connectivity index (χ2v) is 6.82. The summed E-state index contributed by atoms with van der Waals surface area (Å²) in [6, 6.07) is 8.29. The molecule has 128 valence electrons. The molecule has 0 aliphatic rings. The molecule has 2 aromatic carbocycles. The van der Waals surface area contributed by atoms with E-state index in [4.69, 9.17) is 16.3 Å². The van der Waals surface area contributed by atoms with E-state index in [1.807, 2.05) is 4.72 Å². The van der Waals surface area contributed by atoms with Gasteiger partial charge in [0.05, 0.1) is 9.92 Å². The molecule has 2 aromatic rings. The molecule has 2 rings (SSSR count). The van der Waals surface area contributed by atoms with Crippen molar-refractivity contribution in [1.29, 1.82) is 0 Å². The third-order valence-corrected chi connectivity index (χ3v) is 4.71. The van der Waals surface area contributed by atoms with Gasteiger partial charge in [-0.15, -0.1) is 0 Å². The highest BCUT2D eigenvalue weighted by Gasteiger charge is 2.17. The monoisotopic (exact) mass is 375 g/mol. The van der Waals surface area contributed by atoms with Gasteiger partial charge in [-0.05, 0) is 30.3 Å². The Labute approximate surface area is 142 Å². The maximum atomic E-state index is 13.5. The van der Waals surface area contributed by atoms with Gasteiger partial charge in [0, 0.05) is 5.56 Å². The second-order valence-electron chi connectivity index (χ2n) is 4.64. The fourth-order valence-electron chi connectivity index (χ4n) is 1.75. The number of hydrogen-bond acceptors (Lipinski definition) is 4. The molecule has 0 amide bonds. The third kappa shape index (κ3) is 4.73. The Bertz CT molecular complexity index is 838. The number of esters is 1. The highest BCUT2D eigenvalue weighted by Crippen LogP contribution is 2.19. The minimum Gasteiger partial charge on any atom is -0.460 e. The van der Waals surface area contributed by atoms with Gasteiger partial charge in [-0.1, -0.05) is 23.7 Å². The van der Waals surface area contributed by atoms with E-state index in [2.05, 4.69) is 0 Å². The van der Waals surface area contributed by atoms with Crippen LogP contribution in [0.5, 0.6) is 0 Å². The van der Waals surface area contributed by atoms with Gasteiger partial charge in [0.15, 0.2) is 0 Å². The molecule has 0 aliphatic heterocycles. The normalized spacial score (nSPS) is 11.3. The van der Waals surface area contributed by atoms with Crippen molar-refractivity contribution in [2.45, 2.75) is 11.5 Å². The molecular weight excluding hydrogens is 364 g/mol. The number of nitrogens with one attached hydrogen (secondary N) is 1. The lowest BCUT2D eigenvalue weighted by atomic mass is 10.2. The summed E-state index contributed by atoms with van der Waals surface area (Å²) in [7, 11) is -4.07. The number of carbonyl (C=O) groups excluding carboxylic acids is 1. The fourth-order valence-corrected chi connectivity index (χ4v) is 2.96. The molecule has 0 unspecified atom stereocenters. The second kappa shape index (κ2) is 7.69. The largest absolute Gasteiger partial charge is 0.460 e. The standard InChI is InChI=1S/C15H12ClF2NO4S/c16-13-5-2-6-14(18)12(13)9-23-15(20)8-19-24(21,22)11-4-1-3-10(17)7-11/h1-7,19H,8-9H2. The Kier molecular flexibility index (Phi) is 5.87. The van der Waals surface area contributed by atoms with E-state index in [1.165, 1.54) is 24.3 Å². The molecule has 0 saturated carbocycles. The van der Waals surface area contributed by atoms with Crippen LogP contribution >= 0.6 is 11.6 Å². The minimum absolute atomic E-state index is 0.0134. The number of carbonyl (C=O) groups is 1. The highest BCUT2D eigenvalue weighted by molar-refractivity contribution is 7.89. The number of halogens is 3. The summed E-state index contributed by atoms with van der Waals surface area (Å²) < 4.78 is 57.1. The Balaban J connectivity index is 1.94. The average Bonchev–Trinajstić information content (AvgIpc) is 2.52. The number of benzene rings is 2. The van der Waals surface area contributed by atoms with Crippen molar-refractivity contribution in [1.82, 2.24) is 4.72 Å². The van der Waals surface area contributed by atoms with Crippen LogP contribution in [0.2, 0.25) is 5.02 Å². The topological polar surface area (TPSA) is 72.5 Å². The average molecular weight is 376 g/mol. The van der Waals surface area contributed by atoms with Crippen molar-refractivity contribution >= 4 is 27.6 Å². The lowest BCUT2D eigenvalue weighted by Gasteiger charge is -2.09. The molecule has 0 spiro atoms. The first kappa shape index (κ1) is 18.3. The molecule has 0 bridgehead atoms. The van der Waals surface area contributed by atoms with Crippen LogP contribution in [-0.4, -0.2) is 20.9 Å². The summed E-state index contributed by atoms with van der Waals surface area (Å²) in [4.78, 5) is 11.3. The van der Waals surface area contributed by atoms with E-state index >= 15 is 0 Å². The predicted octanol–water partition coefficient (Wildman–Crippen LogP) is 2.64. The van der Waals surface area contributed by atoms with E-state index in [0.717, 1.165) is 18.2 Å². The first-order valence-corrected chi connectivity index (χ1v) is 8.49. The number of sulfonamides is 1. The molecule has 9 heteroatoms. The molecule has 0 heterocycles. The van der Waals surface area contributed by atoms with Gasteiger partial charge in [-0.25, -0.2) is 17.2 Å². The van der Waals surface area contributed by atoms with Crippen molar-refractivity contribution in [3.8, 4) is 0 Å². The number of hydrogen-bond donors (Lipinski definition) is 1. The van der Waals surface area contributed by atoms with E-state index < -0.39 is 40.8 Å². The summed E-state index contributed by atoms with van der Waals surface area (Å²) in [5.74, 6) is -2.31. The molecule has 0 atom stereocenters. The fraction of sp³-hybridized carbons (Fsp3) is 0.133. The predicted molar refractivity (Wildman–Crippen MR) is 82.8 cm³/mol. The van der Waals surface area contributed by atoms with Crippen molar-refractivity contribution < 1.29 is 26.7 Å². The van der Waals surface area contributed by atoms with Crippen LogP contribution in [0, 0.1) is 11.6 Å². The SMILES string of the molecule is O=C(CNS(=O)(=O)c1cccc(F)c1)OCc1c(F)cccc1Cl. The van der Waals surface area contributed by atoms with Crippen molar-refractivity contribution in [3.63, 3.8) is 0 Å². The lowest BCUT2D eigenvalue weighted by molar-refractivity contribution is -0.143. The van der Waals surface area contributed by atoms with Gasteiger partial charge in [-0.2, -0.15) is 4.72 Å². The van der Waals surface area contributed by atoms with Crippen LogP contribution < -0.4 is 4.72 Å². The summed E-state index contributed by atoms with van der Waals surface area (Å²) in [6.45, 7) is -1.13. The van der Waals surface area contributed by atoms with E-state index in [9.17, 15) is 22.0 Å². The van der Waals surface area contributed by atoms with Gasteiger partial charge in [0.1, 0.15) is 24.8 Å². The van der Waals surface area contributed by atoms with Crippen LogP contribution in [0.1, 0.15) is 5.56 Å². The van der Waals surface area contributed by atoms with E-state index in [1.54, 1.807) is 0 Å². The van der Waals surface area contributed by atoms with Gasteiger partial charge in [0.25, 0.3) is 0 Å². The molecule has 5 nitrogen and oxygen atoms in total. The molecular formula is C15H12ClF2NO4S. The number of rotatable bonds is 6. The van der Waals surface area contributed by atoms with Crippen molar-refractivity contribution in [2.24, 2.45) is 0 Å². The molecule has 1 N–H and O–H groups in total. The van der Waals surface area contributed by atoms with E-state index in [-0.39, 0.29) is 15.5 Å². The summed E-state index contributed by atoms with van der Waals surface area (Å²) in [6.07, 6.45) is 0. The quantitative estimate of drug-likeness (QED) is 0.788. The molecule has 24 heavy (non-hydrogen) atoms. The molecule has 0 aliphatic carbocycles. The van der Waals surface area contributed by atoms with Gasteiger partial charge < -0.3 is 4.74 Å². The van der Waals surface area contributed by atoms with Gasteiger partial charge in [0.2, 0.25) is 10.0 Å². The number of ether oxygens (including phenoxy) is 1. The summed E-state index contributed by atoms with van der Waals surface area (Å²) >= 11 is 5.78. The van der Waals surface area contributed by atoms with Gasteiger partial charge in [-0.3, -0.25) is 4.79 Å². The first-order valence-electron chi connectivity index (χ1n) is 6.63. The van der Waals surface area contributed by atoms with Crippen molar-refractivity contribution in [3.05, 3.63) is 64.7 Å². The van der Waals surface area contributed by atoms with Crippen LogP contribution in [0.4, 0.5) is 8.78 Å². The molecule has 0 saturated heterocycles. The molecule has 0 aromatic heterocycles. The molecule has 0 radical (unpaired) electrons. The Morgan fingerprint density at radius 3 is 2.54 bits per heavy atom. The highest BCUT2D eigenvalue weighted by atomic mass is 35.5. The van der Waals surface area contributed by atoms with Gasteiger partial charge >= 0.3 is 5.97 Å². The van der Waals surface area contributed by atoms with Crippen LogP contribution in [0.25, 0.3) is 0 Å².